The molecule has 0 aromatic heterocycles. The van der Waals surface area contributed by atoms with E-state index in [4.69, 9.17) is 17.0 Å². The van der Waals surface area contributed by atoms with Crippen LogP contribution in [0.15, 0.2) is 48.5 Å². The van der Waals surface area contributed by atoms with Crippen molar-refractivity contribution in [3.63, 3.8) is 0 Å². The molecule has 0 saturated heterocycles. The number of nitro benzene ring substituents is 1. The summed E-state index contributed by atoms with van der Waals surface area (Å²) in [6.07, 6.45) is -0.537. The first-order chi connectivity index (χ1) is 12.9. The summed E-state index contributed by atoms with van der Waals surface area (Å²) in [5.41, 5.74) is 1.24. The molecule has 0 spiro atoms. The van der Waals surface area contributed by atoms with Crippen LogP contribution >= 0.6 is 12.2 Å². The van der Waals surface area contributed by atoms with E-state index >= 15 is 0 Å². The summed E-state index contributed by atoms with van der Waals surface area (Å²) in [5, 5.41) is 13.5. The first-order valence-corrected chi connectivity index (χ1v) is 8.45. The molecule has 1 heterocycles. The second-order valence-corrected chi connectivity index (χ2v) is 6.28. The number of hydrogen-bond donors (Lipinski definition) is 1. The van der Waals surface area contributed by atoms with Crippen LogP contribution in [0.5, 0.6) is 0 Å². The molecule has 8 nitrogen and oxygen atoms in total. The van der Waals surface area contributed by atoms with Gasteiger partial charge in [0.05, 0.1) is 22.6 Å². The van der Waals surface area contributed by atoms with E-state index in [1.54, 1.807) is 31.2 Å². The summed E-state index contributed by atoms with van der Waals surface area (Å²) in [5.74, 6) is -0.722. The zero-order valence-electron chi connectivity index (χ0n) is 14.2. The van der Waals surface area contributed by atoms with Crippen LogP contribution in [-0.2, 0) is 4.74 Å². The van der Waals surface area contributed by atoms with Gasteiger partial charge in [-0.15, -0.1) is 0 Å². The fraction of sp³-hybridized carbons (Fsp3) is 0.167. The molecule has 9 heteroatoms. The van der Waals surface area contributed by atoms with Crippen LogP contribution < -0.4 is 5.32 Å². The monoisotopic (exact) mass is 385 g/mol. The molecule has 1 atom stereocenters. The minimum Gasteiger partial charge on any atom is -0.466 e. The molecule has 1 N–H and O–H groups in total. The highest BCUT2D eigenvalue weighted by Gasteiger charge is 2.36. The maximum absolute atomic E-state index is 12.4. The van der Waals surface area contributed by atoms with Crippen molar-refractivity contribution in [2.24, 2.45) is 0 Å². The topological polar surface area (TPSA) is 102 Å². The normalized spacial score (nSPS) is 13.9. The highest BCUT2D eigenvalue weighted by molar-refractivity contribution is 7.80. The number of carbonyl (C=O) groups is 2. The summed E-state index contributed by atoms with van der Waals surface area (Å²) in [7, 11) is 0. The van der Waals surface area contributed by atoms with Crippen LogP contribution in [0.1, 0.15) is 27.6 Å². The third kappa shape index (κ3) is 3.93. The quantitative estimate of drug-likeness (QED) is 0.365. The molecule has 0 aliphatic carbocycles. The first kappa shape index (κ1) is 18.5. The highest BCUT2D eigenvalue weighted by Crippen LogP contribution is 2.23. The Balaban J connectivity index is 1.57. The number of carbonyl (C=O) groups excluding carboxylic acids is 2. The second kappa shape index (κ2) is 7.50. The zero-order chi connectivity index (χ0) is 19.6. The molecule has 0 bridgehead atoms. The van der Waals surface area contributed by atoms with Crippen molar-refractivity contribution in [1.82, 2.24) is 4.90 Å². The van der Waals surface area contributed by atoms with Gasteiger partial charge in [0.25, 0.3) is 22.7 Å². The van der Waals surface area contributed by atoms with Crippen LogP contribution in [0, 0.1) is 10.1 Å². The number of rotatable bonds is 5. The number of hydrogen-bond acceptors (Lipinski definition) is 6. The number of nitrogens with one attached hydrogen (secondary N) is 1. The Bertz CT molecular complexity index is 894. The molecule has 0 saturated carbocycles. The Labute approximate surface area is 159 Å². The van der Waals surface area contributed by atoms with Crippen molar-refractivity contribution in [1.29, 1.82) is 0 Å². The van der Waals surface area contributed by atoms with E-state index in [2.05, 4.69) is 5.32 Å². The van der Waals surface area contributed by atoms with E-state index in [9.17, 15) is 19.7 Å². The van der Waals surface area contributed by atoms with Crippen molar-refractivity contribution in [2.75, 3.05) is 11.9 Å². The lowest BCUT2D eigenvalue weighted by atomic mass is 10.1. The number of fused-ring (bicyclic) bond motifs is 1. The van der Waals surface area contributed by atoms with Crippen LogP contribution in [0.2, 0.25) is 0 Å². The largest absolute Gasteiger partial charge is 0.466 e. The summed E-state index contributed by atoms with van der Waals surface area (Å²) < 4.78 is 5.53. The van der Waals surface area contributed by atoms with Gasteiger partial charge in [0.2, 0.25) is 0 Å². The Morgan fingerprint density at radius 2 is 1.70 bits per heavy atom. The van der Waals surface area contributed by atoms with Crippen LogP contribution in [0.25, 0.3) is 0 Å². The second-order valence-electron chi connectivity index (χ2n) is 5.91. The van der Waals surface area contributed by atoms with Crippen LogP contribution in [0.3, 0.4) is 0 Å². The molecule has 1 aliphatic rings. The van der Waals surface area contributed by atoms with Gasteiger partial charge in [0, 0.05) is 17.8 Å². The maximum Gasteiger partial charge on any atom is 0.269 e. The number of thiocarbonyl (C=S) groups is 1. The summed E-state index contributed by atoms with van der Waals surface area (Å²) in [4.78, 5) is 36.0. The zero-order valence-corrected chi connectivity index (χ0v) is 15.1. The van der Waals surface area contributed by atoms with Crippen molar-refractivity contribution in [2.45, 2.75) is 13.0 Å². The molecule has 2 aromatic rings. The predicted octanol–water partition coefficient (Wildman–Crippen LogP) is 2.99. The molecule has 2 aromatic carbocycles. The number of anilines is 1. The van der Waals surface area contributed by atoms with Gasteiger partial charge in [-0.25, -0.2) is 0 Å². The van der Waals surface area contributed by atoms with Gasteiger partial charge in [0.15, 0.2) is 0 Å². The highest BCUT2D eigenvalue weighted by atomic mass is 32.1. The molecular weight excluding hydrogens is 370 g/mol. The number of imide groups is 1. The summed E-state index contributed by atoms with van der Waals surface area (Å²) in [6.45, 7) is 1.74. The number of benzene rings is 2. The van der Waals surface area contributed by atoms with Gasteiger partial charge >= 0.3 is 0 Å². The Hall–Kier alpha value is -3.33. The average molecular weight is 385 g/mol. The van der Waals surface area contributed by atoms with Gasteiger partial charge in [-0.05, 0) is 43.4 Å². The van der Waals surface area contributed by atoms with E-state index in [1.807, 2.05) is 0 Å². The molecule has 1 unspecified atom stereocenters. The van der Waals surface area contributed by atoms with Crippen molar-refractivity contribution < 1.29 is 19.2 Å². The van der Waals surface area contributed by atoms with Crippen molar-refractivity contribution >= 4 is 40.6 Å². The van der Waals surface area contributed by atoms with Crippen molar-refractivity contribution in [3.8, 4) is 0 Å². The first-order valence-electron chi connectivity index (χ1n) is 8.04. The minimum atomic E-state index is -0.537. The lowest BCUT2D eigenvalue weighted by Gasteiger charge is -2.21. The number of non-ortho nitro benzene ring substituents is 1. The van der Waals surface area contributed by atoms with Crippen LogP contribution in [-0.4, -0.2) is 39.5 Å². The number of amides is 2. The van der Waals surface area contributed by atoms with Gasteiger partial charge in [-0.1, -0.05) is 12.1 Å². The number of nitro groups is 1. The van der Waals surface area contributed by atoms with E-state index in [0.717, 1.165) is 4.90 Å². The fourth-order valence-electron chi connectivity index (χ4n) is 2.70. The molecule has 0 radical (unpaired) electrons. The average Bonchev–Trinajstić information content (AvgIpc) is 2.87. The summed E-state index contributed by atoms with van der Waals surface area (Å²) >= 11 is 5.11. The lowest BCUT2D eigenvalue weighted by molar-refractivity contribution is -0.384. The number of ether oxygens (including phenoxy) is 1. The molecule has 1 aliphatic heterocycles. The van der Waals surface area contributed by atoms with Gasteiger partial charge in [-0.3, -0.25) is 24.6 Å². The third-order valence-electron chi connectivity index (χ3n) is 3.95. The van der Waals surface area contributed by atoms with E-state index in [0.29, 0.717) is 16.8 Å². The number of nitrogens with zero attached hydrogens (tertiary/aromatic N) is 2. The van der Waals surface area contributed by atoms with Crippen molar-refractivity contribution in [3.05, 3.63) is 69.8 Å². The van der Waals surface area contributed by atoms with E-state index in [-0.39, 0.29) is 29.2 Å². The van der Waals surface area contributed by atoms with E-state index < -0.39 is 11.0 Å². The predicted molar refractivity (Wildman–Crippen MR) is 102 cm³/mol. The SMILES string of the molecule is CC(CN1C(=O)c2ccccc2C1=O)OC(=S)Nc1ccc([N+](=O)[O-])cc1. The van der Waals surface area contributed by atoms with Gasteiger partial charge in [0.1, 0.15) is 6.10 Å². The Morgan fingerprint density at radius 1 is 1.15 bits per heavy atom. The molecular formula is C18H15N3O5S. The fourth-order valence-corrected chi connectivity index (χ4v) is 2.98. The maximum atomic E-state index is 12.4. The summed E-state index contributed by atoms with van der Waals surface area (Å²) in [6, 6.07) is 12.3. The van der Waals surface area contributed by atoms with Crippen LogP contribution in [0.4, 0.5) is 11.4 Å². The smallest absolute Gasteiger partial charge is 0.269 e. The van der Waals surface area contributed by atoms with Gasteiger partial charge < -0.3 is 10.1 Å². The standard InChI is InChI=1S/C18H15N3O5S/c1-11(10-20-16(22)14-4-2-3-5-15(14)17(20)23)26-18(27)19-12-6-8-13(9-7-12)21(24)25/h2-9,11H,10H2,1H3,(H,19,27). The molecule has 138 valence electrons. The molecule has 27 heavy (non-hydrogen) atoms. The third-order valence-corrected chi connectivity index (χ3v) is 4.15. The van der Waals surface area contributed by atoms with Gasteiger partial charge in [-0.2, -0.15) is 0 Å². The lowest BCUT2D eigenvalue weighted by Crippen LogP contribution is -2.38. The molecule has 2 amide bonds. The minimum absolute atomic E-state index is 0.0352. The molecule has 3 rings (SSSR count). The Kier molecular flexibility index (Phi) is 5.13. The molecule has 0 fully saturated rings. The van der Waals surface area contributed by atoms with E-state index in [1.165, 1.54) is 24.3 Å². The Morgan fingerprint density at radius 3 is 2.22 bits per heavy atom.